The maximum absolute atomic E-state index is 10.7. The summed E-state index contributed by atoms with van der Waals surface area (Å²) >= 11 is 2.92. The molecule has 1 aromatic heterocycles. The molecule has 2 rings (SSSR count). The fourth-order valence-corrected chi connectivity index (χ4v) is 3.52. The number of nitrogens with zero attached hydrogens (tertiary/aromatic N) is 1. The number of hydrogen-bond donors (Lipinski definition) is 1. The van der Waals surface area contributed by atoms with Crippen LogP contribution in [0.5, 0.6) is 0 Å². The van der Waals surface area contributed by atoms with Crippen LogP contribution in [0, 0.1) is 6.92 Å². The standard InChI is InChI=1S/C14H15NO3S2/c1-10-12(7-13(16)17)20-14(15-10)19-9-18-8-11-5-3-2-4-6-11/h2-6H,7-9H2,1H3,(H,16,17). The minimum absolute atomic E-state index is 0.0366. The number of aryl methyl sites for hydroxylation is 1. The lowest BCUT2D eigenvalue weighted by Crippen LogP contribution is -1.99. The molecule has 1 heterocycles. The Bertz CT molecular complexity index is 569. The fourth-order valence-electron chi connectivity index (χ4n) is 1.59. The van der Waals surface area contributed by atoms with Crippen molar-refractivity contribution in [1.29, 1.82) is 0 Å². The van der Waals surface area contributed by atoms with Crippen molar-refractivity contribution in [3.63, 3.8) is 0 Å². The van der Waals surface area contributed by atoms with Gasteiger partial charge in [0, 0.05) is 4.88 Å². The summed E-state index contributed by atoms with van der Waals surface area (Å²) in [6.07, 6.45) is 0.0366. The molecule has 0 saturated heterocycles. The Kier molecular flexibility index (Phi) is 5.58. The molecular formula is C14H15NO3S2. The maximum Gasteiger partial charge on any atom is 0.308 e. The third-order valence-corrected chi connectivity index (χ3v) is 4.74. The molecular weight excluding hydrogens is 294 g/mol. The highest BCUT2D eigenvalue weighted by molar-refractivity contribution is 8.00. The zero-order chi connectivity index (χ0) is 14.4. The summed E-state index contributed by atoms with van der Waals surface area (Å²) in [6, 6.07) is 9.97. The first kappa shape index (κ1) is 15.0. The van der Waals surface area contributed by atoms with Crippen molar-refractivity contribution in [2.75, 3.05) is 5.94 Å². The van der Waals surface area contributed by atoms with E-state index < -0.39 is 5.97 Å². The number of hydrogen-bond acceptors (Lipinski definition) is 5. The molecule has 4 nitrogen and oxygen atoms in total. The van der Waals surface area contributed by atoms with Crippen LogP contribution in [0.3, 0.4) is 0 Å². The van der Waals surface area contributed by atoms with Crippen LogP contribution in [0.15, 0.2) is 34.7 Å². The second-order valence-corrected chi connectivity index (χ2v) is 6.41. The van der Waals surface area contributed by atoms with Crippen molar-refractivity contribution < 1.29 is 14.6 Å². The van der Waals surface area contributed by atoms with Crippen LogP contribution >= 0.6 is 23.1 Å². The Morgan fingerprint density at radius 1 is 1.40 bits per heavy atom. The molecule has 20 heavy (non-hydrogen) atoms. The third-order valence-electron chi connectivity index (χ3n) is 2.56. The van der Waals surface area contributed by atoms with Gasteiger partial charge in [0.2, 0.25) is 0 Å². The van der Waals surface area contributed by atoms with Gasteiger partial charge >= 0.3 is 5.97 Å². The first-order valence-electron chi connectivity index (χ1n) is 6.07. The molecule has 0 aliphatic carbocycles. The molecule has 0 amide bonds. The first-order valence-corrected chi connectivity index (χ1v) is 7.88. The van der Waals surface area contributed by atoms with Gasteiger partial charge in [-0.15, -0.1) is 11.3 Å². The molecule has 0 bridgehead atoms. The zero-order valence-electron chi connectivity index (χ0n) is 11.0. The molecule has 0 spiro atoms. The van der Waals surface area contributed by atoms with Crippen molar-refractivity contribution >= 4 is 29.1 Å². The van der Waals surface area contributed by atoms with E-state index in [4.69, 9.17) is 9.84 Å². The lowest BCUT2D eigenvalue weighted by Gasteiger charge is -2.02. The number of carbonyl (C=O) groups is 1. The molecule has 0 aliphatic rings. The zero-order valence-corrected chi connectivity index (χ0v) is 12.7. The lowest BCUT2D eigenvalue weighted by atomic mass is 10.2. The minimum atomic E-state index is -0.825. The van der Waals surface area contributed by atoms with Crippen LogP contribution in [-0.4, -0.2) is 22.0 Å². The molecule has 0 saturated carbocycles. The Morgan fingerprint density at radius 2 is 2.15 bits per heavy atom. The highest BCUT2D eigenvalue weighted by atomic mass is 32.2. The Labute approximate surface area is 125 Å². The van der Waals surface area contributed by atoms with Crippen molar-refractivity contribution in [2.45, 2.75) is 24.3 Å². The number of ether oxygens (including phenoxy) is 1. The van der Waals surface area contributed by atoms with Crippen LogP contribution in [0.25, 0.3) is 0 Å². The monoisotopic (exact) mass is 309 g/mol. The van der Waals surface area contributed by atoms with Gasteiger partial charge in [-0.1, -0.05) is 42.1 Å². The average molecular weight is 309 g/mol. The van der Waals surface area contributed by atoms with Crippen molar-refractivity contribution in [2.24, 2.45) is 0 Å². The highest BCUT2D eigenvalue weighted by Gasteiger charge is 2.11. The topological polar surface area (TPSA) is 59.4 Å². The molecule has 0 atom stereocenters. The van der Waals surface area contributed by atoms with Crippen LogP contribution in [0.4, 0.5) is 0 Å². The van der Waals surface area contributed by atoms with Crippen molar-refractivity contribution in [3.05, 3.63) is 46.5 Å². The molecule has 0 fully saturated rings. The first-order chi connectivity index (χ1) is 9.65. The van der Waals surface area contributed by atoms with Gasteiger partial charge in [-0.05, 0) is 12.5 Å². The molecule has 2 aromatic rings. The predicted molar refractivity (Wildman–Crippen MR) is 80.1 cm³/mol. The molecule has 6 heteroatoms. The third kappa shape index (κ3) is 4.63. The van der Waals surface area contributed by atoms with Gasteiger partial charge in [0.1, 0.15) is 0 Å². The fraction of sp³-hybridized carbons (Fsp3) is 0.286. The van der Waals surface area contributed by atoms with Gasteiger partial charge in [0.25, 0.3) is 0 Å². The van der Waals surface area contributed by atoms with Crippen LogP contribution in [0.2, 0.25) is 0 Å². The van der Waals surface area contributed by atoms with Crippen LogP contribution in [-0.2, 0) is 22.6 Å². The van der Waals surface area contributed by atoms with Gasteiger partial charge < -0.3 is 9.84 Å². The number of aromatic nitrogens is 1. The molecule has 1 N–H and O–H groups in total. The number of rotatable bonds is 7. The number of aliphatic carboxylic acids is 1. The lowest BCUT2D eigenvalue weighted by molar-refractivity contribution is -0.136. The van der Waals surface area contributed by atoms with E-state index in [0.717, 1.165) is 20.5 Å². The Hall–Kier alpha value is -1.37. The molecule has 0 unspecified atom stereocenters. The van der Waals surface area contributed by atoms with E-state index in [9.17, 15) is 4.79 Å². The van der Waals surface area contributed by atoms with Gasteiger partial charge in [0.05, 0.1) is 24.7 Å². The van der Waals surface area contributed by atoms with Gasteiger partial charge in [-0.25, -0.2) is 4.98 Å². The maximum atomic E-state index is 10.7. The summed E-state index contributed by atoms with van der Waals surface area (Å²) in [5, 5.41) is 8.79. The summed E-state index contributed by atoms with van der Waals surface area (Å²) in [4.78, 5) is 15.8. The number of thiazole rings is 1. The van der Waals surface area contributed by atoms with Gasteiger partial charge in [0.15, 0.2) is 4.34 Å². The average Bonchev–Trinajstić information content (AvgIpc) is 2.76. The van der Waals surface area contributed by atoms with E-state index in [2.05, 4.69) is 4.98 Å². The Balaban J connectivity index is 1.78. The van der Waals surface area contributed by atoms with Crippen LogP contribution in [0.1, 0.15) is 16.1 Å². The summed E-state index contributed by atoms with van der Waals surface area (Å²) < 4.78 is 6.42. The SMILES string of the molecule is Cc1nc(SCOCc2ccccc2)sc1CC(=O)O. The summed E-state index contributed by atoms with van der Waals surface area (Å²) in [6.45, 7) is 2.41. The number of thioether (sulfide) groups is 1. The Morgan fingerprint density at radius 3 is 2.85 bits per heavy atom. The normalized spacial score (nSPS) is 10.7. The summed E-state index contributed by atoms with van der Waals surface area (Å²) in [7, 11) is 0. The smallest absolute Gasteiger partial charge is 0.308 e. The van der Waals surface area contributed by atoms with Gasteiger partial charge in [-0.2, -0.15) is 0 Å². The minimum Gasteiger partial charge on any atom is -0.481 e. The van der Waals surface area contributed by atoms with Crippen molar-refractivity contribution in [3.8, 4) is 0 Å². The molecule has 1 aromatic carbocycles. The second-order valence-electron chi connectivity index (χ2n) is 4.16. The van der Waals surface area contributed by atoms with Crippen LogP contribution < -0.4 is 0 Å². The summed E-state index contributed by atoms with van der Waals surface area (Å²) in [5.41, 5.74) is 1.93. The highest BCUT2D eigenvalue weighted by Crippen LogP contribution is 2.27. The number of carboxylic acid groups (broad SMARTS) is 1. The van der Waals surface area contributed by atoms with E-state index in [-0.39, 0.29) is 6.42 Å². The second kappa shape index (κ2) is 7.42. The predicted octanol–water partition coefficient (Wildman–Crippen LogP) is 3.35. The molecule has 0 aliphatic heterocycles. The van der Waals surface area contributed by atoms with E-state index in [1.807, 2.05) is 37.3 Å². The van der Waals surface area contributed by atoms with E-state index in [1.165, 1.54) is 23.1 Å². The summed E-state index contributed by atoms with van der Waals surface area (Å²) in [5.74, 6) is -0.317. The number of benzene rings is 1. The van der Waals surface area contributed by atoms with E-state index >= 15 is 0 Å². The largest absolute Gasteiger partial charge is 0.481 e. The molecule has 0 radical (unpaired) electrons. The van der Waals surface area contributed by atoms with E-state index in [0.29, 0.717) is 12.5 Å². The van der Waals surface area contributed by atoms with Gasteiger partial charge in [-0.3, -0.25) is 4.79 Å². The quantitative estimate of drug-likeness (QED) is 0.483. The number of carboxylic acids is 1. The van der Waals surface area contributed by atoms with Crippen molar-refractivity contribution in [1.82, 2.24) is 4.98 Å². The van der Waals surface area contributed by atoms with E-state index in [1.54, 1.807) is 0 Å². The molecule has 106 valence electrons.